The van der Waals surface area contributed by atoms with E-state index in [4.69, 9.17) is 11.6 Å². The molecule has 0 atom stereocenters. The van der Waals surface area contributed by atoms with Gasteiger partial charge in [-0.15, -0.1) is 0 Å². The van der Waals surface area contributed by atoms with Crippen molar-refractivity contribution in [3.8, 4) is 0 Å². The van der Waals surface area contributed by atoms with E-state index >= 15 is 0 Å². The summed E-state index contributed by atoms with van der Waals surface area (Å²) in [6.45, 7) is 2.25. The van der Waals surface area contributed by atoms with Gasteiger partial charge < -0.3 is 4.90 Å². The van der Waals surface area contributed by atoms with E-state index in [1.807, 2.05) is 18.3 Å². The van der Waals surface area contributed by atoms with E-state index in [1.165, 1.54) is 0 Å². The Morgan fingerprint density at radius 3 is 2.82 bits per heavy atom. The van der Waals surface area contributed by atoms with Crippen LogP contribution in [0.1, 0.15) is 24.6 Å². The summed E-state index contributed by atoms with van der Waals surface area (Å²) in [5.74, 6) is 1.45. The number of hydrogen-bond acceptors (Lipinski definition) is 3. The molecule has 0 N–H and O–H groups in total. The third kappa shape index (κ3) is 2.15. The van der Waals surface area contributed by atoms with Gasteiger partial charge >= 0.3 is 0 Å². The van der Waals surface area contributed by atoms with Gasteiger partial charge in [-0.25, -0.2) is 9.50 Å². The molecule has 0 aliphatic carbocycles. The van der Waals surface area contributed by atoms with Crippen LogP contribution in [0.5, 0.6) is 0 Å². The molecule has 3 heterocycles. The minimum absolute atomic E-state index is 0.491. The predicted octanol–water partition coefficient (Wildman–Crippen LogP) is 2.19. The van der Waals surface area contributed by atoms with Crippen LogP contribution in [-0.2, 0) is 0 Å². The number of aromatic nitrogens is 3. The molecule has 2 aromatic rings. The molecule has 5 heteroatoms. The van der Waals surface area contributed by atoms with Crippen molar-refractivity contribution in [3.63, 3.8) is 0 Å². The quantitative estimate of drug-likeness (QED) is 0.778. The molecule has 0 unspecified atom stereocenters. The number of fused-ring (bicyclic) bond motifs is 1. The minimum Gasteiger partial charge on any atom is -0.306 e. The summed E-state index contributed by atoms with van der Waals surface area (Å²) in [5, 5.41) is 5.22. The molecule has 0 saturated carbocycles. The van der Waals surface area contributed by atoms with Crippen LogP contribution in [0.4, 0.5) is 0 Å². The Kier molecular flexibility index (Phi) is 2.76. The lowest BCUT2D eigenvalue weighted by molar-refractivity contribution is 0.251. The van der Waals surface area contributed by atoms with E-state index in [0.29, 0.717) is 10.9 Å². The fourth-order valence-electron chi connectivity index (χ4n) is 2.31. The molecule has 3 rings (SSSR count). The van der Waals surface area contributed by atoms with Gasteiger partial charge in [0, 0.05) is 12.1 Å². The van der Waals surface area contributed by atoms with E-state index in [9.17, 15) is 0 Å². The van der Waals surface area contributed by atoms with Gasteiger partial charge in [0.2, 0.25) is 0 Å². The van der Waals surface area contributed by atoms with Gasteiger partial charge in [0.25, 0.3) is 0 Å². The van der Waals surface area contributed by atoms with Crippen LogP contribution in [0, 0.1) is 0 Å². The van der Waals surface area contributed by atoms with Crippen LogP contribution >= 0.6 is 11.6 Å². The van der Waals surface area contributed by atoms with Gasteiger partial charge in [0.1, 0.15) is 0 Å². The van der Waals surface area contributed by atoms with E-state index < -0.39 is 0 Å². The van der Waals surface area contributed by atoms with Crippen molar-refractivity contribution in [2.45, 2.75) is 18.8 Å². The van der Waals surface area contributed by atoms with Crippen molar-refractivity contribution >= 4 is 17.2 Å². The van der Waals surface area contributed by atoms with E-state index in [0.717, 1.165) is 37.4 Å². The minimum atomic E-state index is 0.491. The number of piperidine rings is 1. The van der Waals surface area contributed by atoms with Crippen LogP contribution in [0.25, 0.3) is 5.65 Å². The largest absolute Gasteiger partial charge is 0.306 e. The number of likely N-dealkylation sites (tertiary alicyclic amines) is 1. The standard InChI is InChI=1S/C12H15ClN4/c1-16-6-4-9(5-7-16)12-14-11-3-2-10(13)8-17(11)15-12/h2-3,8-9H,4-7H2,1H3. The first-order valence-electron chi connectivity index (χ1n) is 5.93. The number of nitrogens with zero attached hydrogens (tertiary/aromatic N) is 4. The zero-order chi connectivity index (χ0) is 11.8. The van der Waals surface area contributed by atoms with Gasteiger partial charge in [-0.3, -0.25) is 0 Å². The number of pyridine rings is 1. The van der Waals surface area contributed by atoms with Crippen LogP contribution in [-0.4, -0.2) is 39.6 Å². The van der Waals surface area contributed by atoms with E-state index in [2.05, 4.69) is 22.0 Å². The average Bonchev–Trinajstić information content (AvgIpc) is 2.72. The fraction of sp³-hybridized carbons (Fsp3) is 0.500. The number of hydrogen-bond donors (Lipinski definition) is 0. The van der Waals surface area contributed by atoms with Crippen molar-refractivity contribution in [2.75, 3.05) is 20.1 Å². The molecule has 0 amide bonds. The monoisotopic (exact) mass is 250 g/mol. The van der Waals surface area contributed by atoms with Crippen LogP contribution in [0.3, 0.4) is 0 Å². The first-order valence-corrected chi connectivity index (χ1v) is 6.30. The van der Waals surface area contributed by atoms with Gasteiger partial charge in [0.15, 0.2) is 11.5 Å². The topological polar surface area (TPSA) is 33.4 Å². The molecule has 0 aromatic carbocycles. The summed E-state index contributed by atoms with van der Waals surface area (Å²) in [4.78, 5) is 6.93. The Hall–Kier alpha value is -1.13. The highest BCUT2D eigenvalue weighted by molar-refractivity contribution is 6.30. The normalized spacial score (nSPS) is 18.9. The van der Waals surface area contributed by atoms with Crippen LogP contribution in [0.15, 0.2) is 18.3 Å². The number of rotatable bonds is 1. The molecule has 0 spiro atoms. The molecule has 0 bridgehead atoms. The summed E-state index contributed by atoms with van der Waals surface area (Å²) < 4.78 is 1.77. The third-order valence-corrected chi connectivity index (χ3v) is 3.62. The van der Waals surface area contributed by atoms with Crippen LogP contribution < -0.4 is 0 Å². The Morgan fingerprint density at radius 1 is 1.29 bits per heavy atom. The molecule has 1 aliphatic rings. The maximum atomic E-state index is 5.94. The maximum Gasteiger partial charge on any atom is 0.155 e. The molecule has 1 saturated heterocycles. The van der Waals surface area contributed by atoms with Crippen molar-refractivity contribution in [1.29, 1.82) is 0 Å². The molecule has 2 aromatic heterocycles. The second kappa shape index (κ2) is 4.27. The molecule has 0 radical (unpaired) electrons. The lowest BCUT2D eigenvalue weighted by Gasteiger charge is -2.26. The Labute approximate surface area is 105 Å². The highest BCUT2D eigenvalue weighted by Crippen LogP contribution is 2.25. The molecule has 1 fully saturated rings. The predicted molar refractivity (Wildman–Crippen MR) is 67.5 cm³/mol. The van der Waals surface area contributed by atoms with Gasteiger partial charge in [0.05, 0.1) is 5.02 Å². The SMILES string of the molecule is CN1CCC(c2nc3ccc(Cl)cn3n2)CC1. The summed E-state index contributed by atoms with van der Waals surface area (Å²) in [6.07, 6.45) is 4.09. The first-order chi connectivity index (χ1) is 8.22. The highest BCUT2D eigenvalue weighted by atomic mass is 35.5. The second-order valence-corrected chi connectivity index (χ2v) is 5.13. The van der Waals surface area contributed by atoms with E-state index in [-0.39, 0.29) is 0 Å². The lowest BCUT2D eigenvalue weighted by Crippen LogP contribution is -2.29. The maximum absolute atomic E-state index is 5.94. The molecular weight excluding hydrogens is 236 g/mol. The Bertz CT molecular complexity index is 528. The average molecular weight is 251 g/mol. The zero-order valence-corrected chi connectivity index (χ0v) is 10.6. The summed E-state index contributed by atoms with van der Waals surface area (Å²) >= 11 is 5.94. The highest BCUT2D eigenvalue weighted by Gasteiger charge is 2.22. The van der Waals surface area contributed by atoms with Crippen molar-refractivity contribution in [3.05, 3.63) is 29.2 Å². The summed E-state index contributed by atoms with van der Waals surface area (Å²) in [5.41, 5.74) is 0.878. The van der Waals surface area contributed by atoms with Crippen LogP contribution in [0.2, 0.25) is 5.02 Å². The smallest absolute Gasteiger partial charge is 0.155 e. The summed E-state index contributed by atoms with van der Waals surface area (Å²) in [6, 6.07) is 3.76. The van der Waals surface area contributed by atoms with Crippen molar-refractivity contribution in [2.24, 2.45) is 0 Å². The van der Waals surface area contributed by atoms with E-state index in [1.54, 1.807) is 4.52 Å². The van der Waals surface area contributed by atoms with Gasteiger partial charge in [-0.2, -0.15) is 5.10 Å². The lowest BCUT2D eigenvalue weighted by atomic mass is 9.97. The zero-order valence-electron chi connectivity index (χ0n) is 9.80. The molecule has 90 valence electrons. The fourth-order valence-corrected chi connectivity index (χ4v) is 2.47. The summed E-state index contributed by atoms with van der Waals surface area (Å²) in [7, 11) is 2.16. The van der Waals surface area contributed by atoms with Gasteiger partial charge in [-0.05, 0) is 45.1 Å². The molecule has 4 nitrogen and oxygen atoms in total. The molecule has 17 heavy (non-hydrogen) atoms. The molecule has 1 aliphatic heterocycles. The Morgan fingerprint density at radius 2 is 2.06 bits per heavy atom. The van der Waals surface area contributed by atoms with Crippen molar-refractivity contribution in [1.82, 2.24) is 19.5 Å². The second-order valence-electron chi connectivity index (χ2n) is 4.70. The first kappa shape index (κ1) is 11.0. The number of halogens is 1. The Balaban J connectivity index is 1.90. The van der Waals surface area contributed by atoms with Crippen molar-refractivity contribution < 1.29 is 0 Å². The third-order valence-electron chi connectivity index (χ3n) is 3.39. The molecular formula is C12H15ClN4. The van der Waals surface area contributed by atoms with Gasteiger partial charge in [-0.1, -0.05) is 11.6 Å².